The molecule has 0 aliphatic heterocycles. The first kappa shape index (κ1) is 22.2. The van der Waals surface area contributed by atoms with Gasteiger partial charge in [0, 0.05) is 4.47 Å². The van der Waals surface area contributed by atoms with Gasteiger partial charge in [-0.25, -0.2) is 0 Å². The van der Waals surface area contributed by atoms with Gasteiger partial charge in [0.15, 0.2) is 0 Å². The summed E-state index contributed by atoms with van der Waals surface area (Å²) in [6, 6.07) is 30.3. The van der Waals surface area contributed by atoms with E-state index in [0.29, 0.717) is 0 Å². The van der Waals surface area contributed by atoms with Crippen molar-refractivity contribution in [1.29, 1.82) is 0 Å². The van der Waals surface area contributed by atoms with Crippen LogP contribution < -0.4 is 10.4 Å². The molecule has 0 aromatic heterocycles. The Kier molecular flexibility index (Phi) is 6.99. The van der Waals surface area contributed by atoms with E-state index >= 15 is 0 Å². The largest absolute Gasteiger partial charge is 0.124 e. The monoisotopic (exact) mass is 502 g/mol. The first-order valence-corrected chi connectivity index (χ1v) is 15.7. The van der Waals surface area contributed by atoms with E-state index in [9.17, 15) is 0 Å². The van der Waals surface area contributed by atoms with Crippen LogP contribution >= 0.6 is 15.9 Å². The molecule has 0 atom stereocenters. The van der Waals surface area contributed by atoms with Gasteiger partial charge in [-0.05, 0) is 34.3 Å². The number of hydrogen-bond acceptors (Lipinski definition) is 0. The highest BCUT2D eigenvalue weighted by molar-refractivity contribution is 9.10. The average molecular weight is 504 g/mol. The van der Waals surface area contributed by atoms with E-state index in [1.165, 1.54) is 79.8 Å². The molecule has 0 N–H and O–H groups in total. The van der Waals surface area contributed by atoms with Gasteiger partial charge in [-0.3, -0.25) is 0 Å². The number of hydrogen-bond donors (Lipinski definition) is 0. The Hall–Kier alpha value is -1.64. The quantitative estimate of drug-likeness (QED) is 0.307. The second-order valence-corrected chi connectivity index (χ2v) is 15.4. The second-order valence-electron chi connectivity index (χ2n) is 10.00. The van der Waals surface area contributed by atoms with E-state index in [1.54, 1.807) is 10.4 Å². The molecule has 3 aromatic carbocycles. The van der Waals surface area contributed by atoms with Crippen molar-refractivity contribution in [3.05, 3.63) is 83.3 Å². The fraction of sp³-hybridized carbons (Fsp3) is 0.400. The number of rotatable bonds is 5. The maximum absolute atomic E-state index is 3.85. The lowest BCUT2D eigenvalue weighted by Crippen LogP contribution is -2.65. The minimum Gasteiger partial charge on any atom is -0.0625 e. The Morgan fingerprint density at radius 3 is 1.66 bits per heavy atom. The lowest BCUT2D eigenvalue weighted by molar-refractivity contribution is 0.459. The fourth-order valence-corrected chi connectivity index (χ4v) is 14.6. The zero-order valence-electron chi connectivity index (χ0n) is 19.1. The normalized spacial score (nSPS) is 18.5. The van der Waals surface area contributed by atoms with Crippen molar-refractivity contribution in [2.45, 2.75) is 75.3 Å². The maximum atomic E-state index is 3.85. The molecular weight excluding hydrogens is 468 g/mol. The molecule has 3 aromatic rings. The number of halogens is 1. The van der Waals surface area contributed by atoms with Crippen LogP contribution in [0.2, 0.25) is 11.1 Å². The van der Waals surface area contributed by atoms with Gasteiger partial charge in [-0.15, -0.1) is 0 Å². The van der Waals surface area contributed by atoms with Crippen molar-refractivity contribution in [2.24, 2.45) is 0 Å². The molecule has 2 aliphatic carbocycles. The predicted octanol–water partition coefficient (Wildman–Crippen LogP) is 8.35. The van der Waals surface area contributed by atoms with Crippen LogP contribution in [0.25, 0.3) is 11.1 Å². The molecule has 32 heavy (non-hydrogen) atoms. The van der Waals surface area contributed by atoms with Crippen LogP contribution in [-0.4, -0.2) is 8.07 Å². The summed E-state index contributed by atoms with van der Waals surface area (Å²) in [4.78, 5) is 0. The molecular formula is C30H35BrSi. The summed E-state index contributed by atoms with van der Waals surface area (Å²) >= 11 is 3.85. The van der Waals surface area contributed by atoms with Gasteiger partial charge in [-0.1, -0.05) is 157 Å². The smallest absolute Gasteiger partial charge is 0.0625 e. The van der Waals surface area contributed by atoms with Crippen LogP contribution in [0.1, 0.15) is 64.2 Å². The summed E-state index contributed by atoms with van der Waals surface area (Å²) in [6.45, 7) is 0. The van der Waals surface area contributed by atoms with E-state index < -0.39 is 8.07 Å². The fourth-order valence-electron chi connectivity index (χ4n) is 6.89. The van der Waals surface area contributed by atoms with Crippen molar-refractivity contribution in [1.82, 2.24) is 0 Å². The third-order valence-corrected chi connectivity index (χ3v) is 15.0. The summed E-state index contributed by atoms with van der Waals surface area (Å²) in [5.74, 6) is 0. The van der Waals surface area contributed by atoms with Crippen molar-refractivity contribution >= 4 is 34.4 Å². The molecule has 0 radical (unpaired) electrons. The zero-order valence-corrected chi connectivity index (χ0v) is 21.7. The third-order valence-electron chi connectivity index (χ3n) is 8.25. The van der Waals surface area contributed by atoms with Crippen LogP contribution in [0.3, 0.4) is 0 Å². The maximum Gasteiger partial charge on any atom is 0.124 e. The summed E-state index contributed by atoms with van der Waals surface area (Å²) in [6.07, 6.45) is 14.2. The Morgan fingerprint density at radius 1 is 0.531 bits per heavy atom. The Balaban J connectivity index is 1.73. The first-order valence-electron chi connectivity index (χ1n) is 12.7. The van der Waals surface area contributed by atoms with Crippen LogP contribution in [0.5, 0.6) is 0 Å². The Labute approximate surface area is 203 Å². The molecule has 0 amide bonds. The summed E-state index contributed by atoms with van der Waals surface area (Å²) in [5, 5.41) is 3.37. The number of benzene rings is 3. The summed E-state index contributed by atoms with van der Waals surface area (Å²) < 4.78 is 1.25. The minimum atomic E-state index is -1.97. The summed E-state index contributed by atoms with van der Waals surface area (Å²) in [7, 11) is -1.97. The molecule has 2 heteroatoms. The van der Waals surface area contributed by atoms with Crippen molar-refractivity contribution in [3.63, 3.8) is 0 Å². The molecule has 0 nitrogen and oxygen atoms in total. The van der Waals surface area contributed by atoms with Gasteiger partial charge >= 0.3 is 0 Å². The zero-order chi connectivity index (χ0) is 21.8. The van der Waals surface area contributed by atoms with E-state index in [1.807, 2.05) is 0 Å². The van der Waals surface area contributed by atoms with Gasteiger partial charge in [0.05, 0.1) is 0 Å². The van der Waals surface area contributed by atoms with Crippen molar-refractivity contribution < 1.29 is 0 Å². The van der Waals surface area contributed by atoms with Crippen LogP contribution in [-0.2, 0) is 0 Å². The average Bonchev–Trinajstić information content (AvgIpc) is 2.87. The van der Waals surface area contributed by atoms with Gasteiger partial charge in [0.1, 0.15) is 8.07 Å². The van der Waals surface area contributed by atoms with Gasteiger partial charge in [0.2, 0.25) is 0 Å². The highest BCUT2D eigenvalue weighted by atomic mass is 79.9. The van der Waals surface area contributed by atoms with Gasteiger partial charge in [-0.2, -0.15) is 0 Å². The van der Waals surface area contributed by atoms with Crippen molar-refractivity contribution in [3.8, 4) is 11.1 Å². The molecule has 0 saturated heterocycles. The van der Waals surface area contributed by atoms with Crippen LogP contribution in [0.15, 0.2) is 83.3 Å². The summed E-state index contributed by atoms with van der Waals surface area (Å²) in [5.41, 5.74) is 4.46. The molecule has 5 rings (SSSR count). The molecule has 2 saturated carbocycles. The van der Waals surface area contributed by atoms with E-state index in [2.05, 4.69) is 94.8 Å². The molecule has 2 aliphatic rings. The highest BCUT2D eigenvalue weighted by Gasteiger charge is 2.50. The lowest BCUT2D eigenvalue weighted by Gasteiger charge is -2.49. The van der Waals surface area contributed by atoms with Crippen LogP contribution in [0, 0.1) is 0 Å². The predicted molar refractivity (Wildman–Crippen MR) is 145 cm³/mol. The minimum absolute atomic E-state index is 0.861. The first-order chi connectivity index (χ1) is 15.8. The SMILES string of the molecule is Brc1cccc([Si](c2cccc(-c3ccccc3)c2)(C2CCCCC2)C2CCCCC2)c1. The second kappa shape index (κ2) is 10.1. The van der Waals surface area contributed by atoms with E-state index in [4.69, 9.17) is 0 Å². The topological polar surface area (TPSA) is 0 Å². The van der Waals surface area contributed by atoms with Crippen LogP contribution in [0.4, 0.5) is 0 Å². The van der Waals surface area contributed by atoms with Gasteiger partial charge < -0.3 is 0 Å². The Bertz CT molecular complexity index is 998. The molecule has 0 spiro atoms. The molecule has 0 bridgehead atoms. The third kappa shape index (κ3) is 4.29. The molecule has 0 heterocycles. The van der Waals surface area contributed by atoms with Crippen molar-refractivity contribution in [2.75, 3.05) is 0 Å². The van der Waals surface area contributed by atoms with Gasteiger partial charge in [0.25, 0.3) is 0 Å². The molecule has 166 valence electrons. The molecule has 2 fully saturated rings. The lowest BCUT2D eigenvalue weighted by atomic mass is 9.99. The standard InChI is InChI=1S/C30H35BrSi/c31-26-15-11-21-30(23-26)32(27-16-6-2-7-17-27,28-18-8-3-9-19-28)29-20-10-14-25(22-29)24-12-4-1-5-13-24/h1,4-5,10-15,20-23,27-28H,2-3,6-9,16-19H2. The highest BCUT2D eigenvalue weighted by Crippen LogP contribution is 2.48. The molecule has 0 unspecified atom stereocenters. The van der Waals surface area contributed by atoms with E-state index in [-0.39, 0.29) is 0 Å². The van der Waals surface area contributed by atoms with E-state index in [0.717, 1.165) is 11.1 Å². The Morgan fingerprint density at radius 2 is 1.06 bits per heavy atom.